The quantitative estimate of drug-likeness (QED) is 0.532. The van der Waals surface area contributed by atoms with E-state index in [9.17, 15) is 8.78 Å². The molecule has 4 N–H and O–H groups in total. The van der Waals surface area contributed by atoms with Crippen molar-refractivity contribution < 1.29 is 28.5 Å². The number of hydrogen-bond acceptors (Lipinski definition) is 6. The van der Waals surface area contributed by atoms with E-state index in [1.165, 1.54) is 0 Å². The molecule has 0 radical (unpaired) electrons. The first-order valence-corrected chi connectivity index (χ1v) is 6.65. The minimum absolute atomic E-state index is 0.0722. The molecule has 0 bridgehead atoms. The van der Waals surface area contributed by atoms with Crippen molar-refractivity contribution in [2.75, 3.05) is 19.8 Å². The SMILES string of the molecule is OCC(CO)(CO)NCc1ccc(CSC(F)F)o1. The monoisotopic (exact) mass is 297 g/mol. The van der Waals surface area contributed by atoms with Crippen LogP contribution in [0.3, 0.4) is 0 Å². The van der Waals surface area contributed by atoms with Crippen LogP contribution in [0.25, 0.3) is 0 Å². The van der Waals surface area contributed by atoms with Crippen LogP contribution in [0.1, 0.15) is 11.5 Å². The van der Waals surface area contributed by atoms with Crippen molar-refractivity contribution in [2.45, 2.75) is 23.6 Å². The smallest absolute Gasteiger partial charge is 0.284 e. The van der Waals surface area contributed by atoms with Crippen LogP contribution in [0.5, 0.6) is 0 Å². The van der Waals surface area contributed by atoms with E-state index in [4.69, 9.17) is 19.7 Å². The van der Waals surface area contributed by atoms with Gasteiger partial charge >= 0.3 is 0 Å². The van der Waals surface area contributed by atoms with Crippen molar-refractivity contribution in [2.24, 2.45) is 0 Å². The van der Waals surface area contributed by atoms with Gasteiger partial charge in [0, 0.05) is 0 Å². The summed E-state index contributed by atoms with van der Waals surface area (Å²) >= 11 is 0.467. The second kappa shape index (κ2) is 7.81. The zero-order valence-electron chi connectivity index (χ0n) is 10.2. The maximum atomic E-state index is 12.0. The molecule has 1 heterocycles. The highest BCUT2D eigenvalue weighted by atomic mass is 32.2. The molecule has 0 saturated heterocycles. The fourth-order valence-electron chi connectivity index (χ4n) is 1.33. The minimum Gasteiger partial charge on any atom is -0.464 e. The lowest BCUT2D eigenvalue weighted by atomic mass is 10.0. The van der Waals surface area contributed by atoms with Crippen LogP contribution in [0, 0.1) is 0 Å². The average molecular weight is 297 g/mol. The molecule has 0 spiro atoms. The number of halogens is 2. The maximum Gasteiger partial charge on any atom is 0.284 e. The van der Waals surface area contributed by atoms with E-state index in [2.05, 4.69) is 5.32 Å². The Morgan fingerprint density at radius 2 is 1.74 bits per heavy atom. The van der Waals surface area contributed by atoms with Gasteiger partial charge in [0.2, 0.25) is 0 Å². The standard InChI is InChI=1S/C11H17F2NO4S/c12-10(13)19-4-9-2-1-8(18-9)3-14-11(5-15,6-16)7-17/h1-2,10,14-17H,3-7H2. The van der Waals surface area contributed by atoms with Gasteiger partial charge in [-0.1, -0.05) is 11.8 Å². The molecule has 1 rings (SSSR count). The highest BCUT2D eigenvalue weighted by Gasteiger charge is 2.27. The molecule has 19 heavy (non-hydrogen) atoms. The molecule has 8 heteroatoms. The van der Waals surface area contributed by atoms with Crippen molar-refractivity contribution in [3.05, 3.63) is 23.7 Å². The molecule has 0 aliphatic carbocycles. The summed E-state index contributed by atoms with van der Waals surface area (Å²) < 4.78 is 29.3. The molecule has 0 atom stereocenters. The van der Waals surface area contributed by atoms with Gasteiger partial charge in [0.25, 0.3) is 5.76 Å². The second-order valence-corrected chi connectivity index (χ2v) is 5.03. The summed E-state index contributed by atoms with van der Waals surface area (Å²) in [5.41, 5.74) is -1.19. The molecule has 110 valence electrons. The van der Waals surface area contributed by atoms with Crippen LogP contribution in [0.15, 0.2) is 16.5 Å². The van der Waals surface area contributed by atoms with E-state index >= 15 is 0 Å². The average Bonchev–Trinajstić information content (AvgIpc) is 2.87. The summed E-state index contributed by atoms with van der Waals surface area (Å²) in [5, 5.41) is 30.1. The largest absolute Gasteiger partial charge is 0.464 e. The summed E-state index contributed by atoms with van der Waals surface area (Å²) in [5.74, 6) is -1.48. The normalized spacial score (nSPS) is 12.3. The summed E-state index contributed by atoms with van der Waals surface area (Å²) in [4.78, 5) is 0. The van der Waals surface area contributed by atoms with Crippen molar-refractivity contribution >= 4 is 11.8 Å². The zero-order chi connectivity index (χ0) is 14.3. The van der Waals surface area contributed by atoms with Crippen molar-refractivity contribution in [1.82, 2.24) is 5.32 Å². The van der Waals surface area contributed by atoms with Crippen molar-refractivity contribution in [1.29, 1.82) is 0 Å². The molecule has 1 aromatic rings. The Labute approximate surface area is 113 Å². The Bertz CT molecular complexity index is 363. The van der Waals surface area contributed by atoms with Gasteiger partial charge in [0.15, 0.2) is 0 Å². The second-order valence-electron chi connectivity index (χ2n) is 4.05. The van der Waals surface area contributed by atoms with Gasteiger partial charge in [-0.25, -0.2) is 0 Å². The molecule has 0 amide bonds. The third-order valence-corrected chi connectivity index (χ3v) is 3.32. The Morgan fingerprint density at radius 1 is 1.16 bits per heavy atom. The highest BCUT2D eigenvalue weighted by molar-refractivity contribution is 7.98. The van der Waals surface area contributed by atoms with E-state index in [0.717, 1.165) is 0 Å². The molecule has 0 aromatic carbocycles. The number of aliphatic hydroxyl groups is 3. The zero-order valence-corrected chi connectivity index (χ0v) is 11.0. The van der Waals surface area contributed by atoms with Crippen LogP contribution >= 0.6 is 11.8 Å². The highest BCUT2D eigenvalue weighted by Crippen LogP contribution is 2.21. The minimum atomic E-state index is -2.45. The van der Waals surface area contributed by atoms with Crippen LogP contribution in [-0.2, 0) is 12.3 Å². The lowest BCUT2D eigenvalue weighted by Gasteiger charge is -2.28. The molecular formula is C11H17F2NO4S. The first-order valence-electron chi connectivity index (χ1n) is 5.60. The Hall–Kier alpha value is -0.670. The van der Waals surface area contributed by atoms with Gasteiger partial charge in [-0.15, -0.1) is 0 Å². The van der Waals surface area contributed by atoms with Gasteiger partial charge in [-0.2, -0.15) is 8.78 Å². The van der Waals surface area contributed by atoms with Gasteiger partial charge in [0.05, 0.1) is 37.7 Å². The fourth-order valence-corrected chi connectivity index (χ4v) is 1.78. The van der Waals surface area contributed by atoms with Crippen molar-refractivity contribution in [3.8, 4) is 0 Å². The number of hydrogen-bond donors (Lipinski definition) is 4. The Morgan fingerprint density at radius 3 is 2.26 bits per heavy atom. The topological polar surface area (TPSA) is 85.9 Å². The Kier molecular flexibility index (Phi) is 6.73. The summed E-state index contributed by atoms with van der Waals surface area (Å²) in [6, 6.07) is 3.20. The summed E-state index contributed by atoms with van der Waals surface area (Å²) in [6.45, 7) is -1.14. The molecule has 0 saturated carbocycles. The van der Waals surface area contributed by atoms with E-state index in [1.54, 1.807) is 12.1 Å². The number of rotatable bonds is 9. The molecule has 1 aromatic heterocycles. The molecule has 0 unspecified atom stereocenters. The van der Waals surface area contributed by atoms with Crippen LogP contribution in [0.2, 0.25) is 0 Å². The lowest BCUT2D eigenvalue weighted by molar-refractivity contribution is 0.0401. The van der Waals surface area contributed by atoms with Gasteiger partial charge in [-0.05, 0) is 12.1 Å². The maximum absolute atomic E-state index is 12.0. The molecule has 0 fully saturated rings. The van der Waals surface area contributed by atoms with Gasteiger partial charge in [0.1, 0.15) is 11.5 Å². The predicted molar refractivity (Wildman–Crippen MR) is 66.8 cm³/mol. The van der Waals surface area contributed by atoms with E-state index in [0.29, 0.717) is 23.3 Å². The molecule has 0 aliphatic rings. The van der Waals surface area contributed by atoms with Crippen LogP contribution < -0.4 is 5.32 Å². The molecule has 5 nitrogen and oxygen atoms in total. The number of thioether (sulfide) groups is 1. The number of furan rings is 1. The van der Waals surface area contributed by atoms with E-state index < -0.39 is 31.1 Å². The number of alkyl halides is 2. The number of nitrogens with one attached hydrogen (secondary N) is 1. The third-order valence-electron chi connectivity index (χ3n) is 2.61. The lowest BCUT2D eigenvalue weighted by Crippen LogP contribution is -2.54. The van der Waals surface area contributed by atoms with Gasteiger partial charge < -0.3 is 19.7 Å². The first kappa shape index (κ1) is 16.4. The summed E-state index contributed by atoms with van der Waals surface area (Å²) in [6.07, 6.45) is 0. The van der Waals surface area contributed by atoms with E-state index in [1.807, 2.05) is 0 Å². The van der Waals surface area contributed by atoms with Crippen molar-refractivity contribution in [3.63, 3.8) is 0 Å². The third kappa shape index (κ3) is 5.07. The van der Waals surface area contributed by atoms with Crippen LogP contribution in [0.4, 0.5) is 8.78 Å². The summed E-state index contributed by atoms with van der Waals surface area (Å²) in [7, 11) is 0. The fraction of sp³-hybridized carbons (Fsp3) is 0.636. The first-order chi connectivity index (χ1) is 9.05. The molecule has 0 aliphatic heterocycles. The Balaban J connectivity index is 2.49. The van der Waals surface area contributed by atoms with E-state index in [-0.39, 0.29) is 12.3 Å². The predicted octanol–water partition coefficient (Wildman–Crippen LogP) is 0.541. The number of aliphatic hydroxyl groups excluding tert-OH is 3. The van der Waals surface area contributed by atoms with Crippen LogP contribution in [-0.4, -0.2) is 46.4 Å². The van der Waals surface area contributed by atoms with Gasteiger partial charge in [-0.3, -0.25) is 5.32 Å². The molecular weight excluding hydrogens is 280 g/mol.